The molecule has 1 aliphatic heterocycles. The van der Waals surface area contributed by atoms with Crippen LogP contribution in [0.15, 0.2) is 47.8 Å². The van der Waals surface area contributed by atoms with Crippen LogP contribution in [0, 0.1) is 0 Å². The van der Waals surface area contributed by atoms with Gasteiger partial charge in [0.15, 0.2) is 9.84 Å². The van der Waals surface area contributed by atoms with Gasteiger partial charge in [0.05, 0.1) is 15.9 Å². The number of hydrogen-bond acceptors (Lipinski definition) is 4. The molecule has 2 heterocycles. The van der Waals surface area contributed by atoms with Crippen molar-refractivity contribution in [2.75, 3.05) is 18.8 Å². The summed E-state index contributed by atoms with van der Waals surface area (Å²) >= 11 is 1.39. The Morgan fingerprint density at radius 1 is 1.09 bits per heavy atom. The fraction of sp³-hybridized carbons (Fsp3) is 0.312. The van der Waals surface area contributed by atoms with Gasteiger partial charge >= 0.3 is 0 Å². The lowest BCUT2D eigenvalue weighted by molar-refractivity contribution is 0.0771. The zero-order valence-corrected chi connectivity index (χ0v) is 13.6. The fourth-order valence-electron chi connectivity index (χ4n) is 2.75. The lowest BCUT2D eigenvalue weighted by Gasteiger charge is -2.19. The van der Waals surface area contributed by atoms with Crippen LogP contribution >= 0.6 is 11.3 Å². The molecule has 3 rings (SSSR count). The first-order chi connectivity index (χ1) is 10.6. The van der Waals surface area contributed by atoms with Crippen molar-refractivity contribution in [3.05, 3.63) is 58.3 Å². The van der Waals surface area contributed by atoms with Gasteiger partial charge in [-0.3, -0.25) is 4.79 Å². The fourth-order valence-corrected chi connectivity index (χ4v) is 5.23. The molecule has 116 valence electrons. The largest absolute Gasteiger partial charge is 0.337 e. The van der Waals surface area contributed by atoms with E-state index in [2.05, 4.69) is 0 Å². The number of sulfone groups is 1. The molecule has 1 atom stereocenters. The van der Waals surface area contributed by atoms with Crippen molar-refractivity contribution in [1.82, 2.24) is 4.90 Å². The highest BCUT2D eigenvalue weighted by molar-refractivity contribution is 7.91. The summed E-state index contributed by atoms with van der Waals surface area (Å²) in [6.07, 6.45) is 0.448. The molecule has 0 bridgehead atoms. The van der Waals surface area contributed by atoms with Gasteiger partial charge in [-0.2, -0.15) is 0 Å². The predicted octanol–water partition coefficient (Wildman–Crippen LogP) is 2.75. The number of hydrogen-bond donors (Lipinski definition) is 0. The van der Waals surface area contributed by atoms with Gasteiger partial charge in [0.1, 0.15) is 0 Å². The van der Waals surface area contributed by atoms with Gasteiger partial charge in [-0.25, -0.2) is 8.42 Å². The number of carbonyl (C=O) groups is 1. The Balaban J connectivity index is 1.82. The van der Waals surface area contributed by atoms with Gasteiger partial charge in [0, 0.05) is 13.1 Å². The van der Waals surface area contributed by atoms with Crippen LogP contribution in [0.5, 0.6) is 0 Å². The summed E-state index contributed by atoms with van der Waals surface area (Å²) in [6.45, 7) is 0.734. The van der Waals surface area contributed by atoms with Crippen LogP contribution in [0.4, 0.5) is 0 Å². The number of amides is 1. The molecule has 4 nitrogen and oxygen atoms in total. The first kappa shape index (κ1) is 15.2. The van der Waals surface area contributed by atoms with Gasteiger partial charge in [0.25, 0.3) is 5.91 Å². The van der Waals surface area contributed by atoms with Crippen molar-refractivity contribution in [3.8, 4) is 0 Å². The Kier molecular flexibility index (Phi) is 4.31. The number of benzene rings is 1. The molecule has 1 aromatic carbocycles. The summed E-state index contributed by atoms with van der Waals surface area (Å²) < 4.78 is 25.0. The molecular formula is C16H17NO3S2. The van der Waals surface area contributed by atoms with E-state index in [1.165, 1.54) is 11.3 Å². The van der Waals surface area contributed by atoms with E-state index < -0.39 is 15.1 Å². The Morgan fingerprint density at radius 2 is 1.86 bits per heavy atom. The maximum Gasteiger partial charge on any atom is 0.263 e. The number of rotatable bonds is 2. The van der Waals surface area contributed by atoms with E-state index in [0.717, 1.165) is 5.56 Å². The molecular weight excluding hydrogens is 318 g/mol. The molecule has 0 spiro atoms. The molecule has 1 saturated heterocycles. The van der Waals surface area contributed by atoms with Crippen molar-refractivity contribution in [3.63, 3.8) is 0 Å². The number of nitrogens with zero attached hydrogens (tertiary/aromatic N) is 1. The van der Waals surface area contributed by atoms with Crippen molar-refractivity contribution < 1.29 is 13.2 Å². The maximum absolute atomic E-state index is 12.5. The predicted molar refractivity (Wildman–Crippen MR) is 87.8 cm³/mol. The summed E-state index contributed by atoms with van der Waals surface area (Å²) in [7, 11) is -3.24. The van der Waals surface area contributed by atoms with Crippen LogP contribution in [0.2, 0.25) is 0 Å². The van der Waals surface area contributed by atoms with E-state index in [4.69, 9.17) is 0 Å². The standard InChI is InChI=1S/C16H17NO3S2/c18-16(14-7-4-11-21-14)17-9-8-15(22(19,20)12-10-17)13-5-2-1-3-6-13/h1-7,11,15H,8-10,12H2/t15-/m0/s1. The minimum atomic E-state index is -3.24. The zero-order chi connectivity index (χ0) is 15.6. The van der Waals surface area contributed by atoms with Crippen molar-refractivity contribution >= 4 is 27.1 Å². The minimum absolute atomic E-state index is 0.0175. The van der Waals surface area contributed by atoms with Crippen molar-refractivity contribution in [1.29, 1.82) is 0 Å². The van der Waals surface area contributed by atoms with E-state index in [1.54, 1.807) is 11.0 Å². The van der Waals surface area contributed by atoms with E-state index in [1.807, 2.05) is 41.8 Å². The molecule has 0 aliphatic carbocycles. The van der Waals surface area contributed by atoms with Crippen LogP contribution in [-0.4, -0.2) is 38.1 Å². The molecule has 1 aromatic heterocycles. The second-order valence-electron chi connectivity index (χ2n) is 5.32. The monoisotopic (exact) mass is 335 g/mol. The van der Waals surface area contributed by atoms with Crippen LogP contribution in [0.1, 0.15) is 26.9 Å². The highest BCUT2D eigenvalue weighted by Gasteiger charge is 2.32. The molecule has 6 heteroatoms. The summed E-state index contributed by atoms with van der Waals surface area (Å²) in [5, 5.41) is 1.34. The van der Waals surface area contributed by atoms with Gasteiger partial charge in [-0.1, -0.05) is 36.4 Å². The third-order valence-corrected chi connectivity index (χ3v) is 6.92. The smallest absolute Gasteiger partial charge is 0.263 e. The second kappa shape index (κ2) is 6.22. The summed E-state index contributed by atoms with van der Waals surface area (Å²) in [4.78, 5) is 14.7. The molecule has 0 saturated carbocycles. The van der Waals surface area contributed by atoms with Crippen molar-refractivity contribution in [2.24, 2.45) is 0 Å². The summed E-state index contributed by atoms with van der Waals surface area (Å²) in [6, 6.07) is 12.9. The molecule has 0 N–H and O–H groups in total. The van der Waals surface area contributed by atoms with Crippen LogP contribution in [-0.2, 0) is 9.84 Å². The highest BCUT2D eigenvalue weighted by atomic mass is 32.2. The quantitative estimate of drug-likeness (QED) is 0.848. The Bertz CT molecular complexity index is 739. The molecule has 1 amide bonds. The van der Waals surface area contributed by atoms with Crippen molar-refractivity contribution in [2.45, 2.75) is 11.7 Å². The average Bonchev–Trinajstić information content (AvgIpc) is 3.00. The Hall–Kier alpha value is -1.66. The number of carbonyl (C=O) groups excluding carboxylic acids is 1. The van der Waals surface area contributed by atoms with Crippen LogP contribution < -0.4 is 0 Å². The lowest BCUT2D eigenvalue weighted by Crippen LogP contribution is -2.33. The molecule has 0 unspecified atom stereocenters. The van der Waals surface area contributed by atoms with E-state index in [-0.39, 0.29) is 18.2 Å². The lowest BCUT2D eigenvalue weighted by atomic mass is 10.1. The van der Waals surface area contributed by atoms with Gasteiger partial charge < -0.3 is 4.90 Å². The Morgan fingerprint density at radius 3 is 2.55 bits per heavy atom. The highest BCUT2D eigenvalue weighted by Crippen LogP contribution is 2.29. The van der Waals surface area contributed by atoms with E-state index >= 15 is 0 Å². The summed E-state index contributed by atoms with van der Waals surface area (Å²) in [5.41, 5.74) is 0.813. The molecule has 1 aliphatic rings. The minimum Gasteiger partial charge on any atom is -0.337 e. The topological polar surface area (TPSA) is 54.5 Å². The van der Waals surface area contributed by atoms with E-state index in [0.29, 0.717) is 17.8 Å². The van der Waals surface area contributed by atoms with E-state index in [9.17, 15) is 13.2 Å². The molecule has 22 heavy (non-hydrogen) atoms. The first-order valence-corrected chi connectivity index (χ1v) is 9.77. The average molecular weight is 335 g/mol. The SMILES string of the molecule is O=C(c1cccs1)N1CC[C@@H](c2ccccc2)S(=O)(=O)CC1. The van der Waals surface area contributed by atoms with Gasteiger partial charge in [0.2, 0.25) is 0 Å². The Labute approximate surface area is 134 Å². The van der Waals surface area contributed by atoms with Crippen LogP contribution in [0.3, 0.4) is 0 Å². The summed E-state index contributed by atoms with van der Waals surface area (Å²) in [5.74, 6) is -0.0529. The number of thiophene rings is 1. The second-order valence-corrected chi connectivity index (χ2v) is 8.58. The van der Waals surface area contributed by atoms with Gasteiger partial charge in [-0.05, 0) is 23.4 Å². The molecule has 1 fully saturated rings. The first-order valence-electron chi connectivity index (χ1n) is 7.17. The third kappa shape index (κ3) is 3.08. The van der Waals surface area contributed by atoms with Crippen LogP contribution in [0.25, 0.3) is 0 Å². The molecule has 2 aromatic rings. The maximum atomic E-state index is 12.5. The normalized spacial score (nSPS) is 21.3. The molecule has 0 radical (unpaired) electrons. The van der Waals surface area contributed by atoms with Gasteiger partial charge in [-0.15, -0.1) is 11.3 Å². The third-order valence-electron chi connectivity index (χ3n) is 3.93. The zero-order valence-electron chi connectivity index (χ0n) is 12.0.